The monoisotopic (exact) mass is 352 g/mol. The molecule has 25 heavy (non-hydrogen) atoms. The van der Waals surface area contributed by atoms with E-state index < -0.39 is 5.92 Å². The van der Waals surface area contributed by atoms with Crippen molar-refractivity contribution in [1.29, 1.82) is 0 Å². The van der Waals surface area contributed by atoms with E-state index in [1.807, 2.05) is 0 Å². The number of phenols is 2. The van der Waals surface area contributed by atoms with E-state index in [-0.39, 0.29) is 23.6 Å². The fourth-order valence-electron chi connectivity index (χ4n) is 2.97. The zero-order valence-electron chi connectivity index (χ0n) is 15.4. The van der Waals surface area contributed by atoms with E-state index in [1.54, 1.807) is 6.92 Å². The zero-order valence-corrected chi connectivity index (χ0v) is 15.4. The molecule has 0 aliphatic rings. The van der Waals surface area contributed by atoms with Gasteiger partial charge in [0.05, 0.1) is 18.6 Å². The summed E-state index contributed by atoms with van der Waals surface area (Å²) in [6.45, 7) is 4.16. The number of esters is 1. The second-order valence-electron chi connectivity index (χ2n) is 6.52. The van der Waals surface area contributed by atoms with E-state index in [2.05, 4.69) is 6.92 Å². The number of hydrogen-bond donors (Lipinski definition) is 3. The topological polar surface area (TPSA) is 87.0 Å². The molecule has 0 aliphatic carbocycles. The van der Waals surface area contributed by atoms with Gasteiger partial charge >= 0.3 is 5.97 Å². The molecule has 2 atom stereocenters. The minimum atomic E-state index is -0.497. The molecule has 0 saturated carbocycles. The molecule has 0 aliphatic heterocycles. The first-order valence-electron chi connectivity index (χ1n) is 9.35. The van der Waals surface area contributed by atoms with Gasteiger partial charge in [-0.1, -0.05) is 39.0 Å². The third-order valence-electron chi connectivity index (χ3n) is 4.32. The second-order valence-corrected chi connectivity index (χ2v) is 6.52. The van der Waals surface area contributed by atoms with Crippen molar-refractivity contribution in [2.45, 2.75) is 77.2 Å². The number of carbonyl (C=O) groups is 1. The van der Waals surface area contributed by atoms with E-state index in [0.717, 1.165) is 44.9 Å². The third-order valence-corrected chi connectivity index (χ3v) is 4.32. The summed E-state index contributed by atoms with van der Waals surface area (Å²) >= 11 is 0. The first-order chi connectivity index (χ1) is 12.0. The fourth-order valence-corrected chi connectivity index (χ4v) is 2.97. The van der Waals surface area contributed by atoms with Gasteiger partial charge in [-0.25, -0.2) is 0 Å². The molecule has 1 rings (SSSR count). The first kappa shape index (κ1) is 21.3. The van der Waals surface area contributed by atoms with Crippen LogP contribution in [0.4, 0.5) is 0 Å². The highest BCUT2D eigenvalue weighted by Crippen LogP contribution is 2.30. The van der Waals surface area contributed by atoms with Crippen LogP contribution in [0, 0.1) is 0 Å². The SMILES string of the molecule is CCCCC(O)CCCCCC(C(=O)OCC)c1cc(O)cc(O)c1. The van der Waals surface area contributed by atoms with Crippen molar-refractivity contribution in [3.8, 4) is 11.5 Å². The van der Waals surface area contributed by atoms with E-state index >= 15 is 0 Å². The maximum Gasteiger partial charge on any atom is 0.313 e. The van der Waals surface area contributed by atoms with Gasteiger partial charge in [-0.3, -0.25) is 4.79 Å². The molecule has 1 aromatic carbocycles. The molecule has 0 fully saturated rings. The maximum atomic E-state index is 12.2. The largest absolute Gasteiger partial charge is 0.508 e. The van der Waals surface area contributed by atoms with Crippen LogP contribution in [0.5, 0.6) is 11.5 Å². The van der Waals surface area contributed by atoms with Crippen molar-refractivity contribution >= 4 is 5.97 Å². The van der Waals surface area contributed by atoms with Crippen molar-refractivity contribution in [1.82, 2.24) is 0 Å². The number of aliphatic hydroxyl groups is 1. The average Bonchev–Trinajstić information content (AvgIpc) is 2.55. The van der Waals surface area contributed by atoms with Gasteiger partial charge in [0.2, 0.25) is 0 Å². The summed E-state index contributed by atoms with van der Waals surface area (Å²) in [7, 11) is 0. The van der Waals surface area contributed by atoms with Crippen LogP contribution in [0.3, 0.4) is 0 Å². The summed E-state index contributed by atoms with van der Waals surface area (Å²) in [4.78, 5) is 12.2. The maximum absolute atomic E-state index is 12.2. The number of aliphatic hydroxyl groups excluding tert-OH is 1. The highest BCUT2D eigenvalue weighted by Gasteiger charge is 2.22. The van der Waals surface area contributed by atoms with Crippen molar-refractivity contribution in [2.24, 2.45) is 0 Å². The highest BCUT2D eigenvalue weighted by atomic mass is 16.5. The predicted octanol–water partition coefficient (Wildman–Crippen LogP) is 4.25. The van der Waals surface area contributed by atoms with E-state index in [4.69, 9.17) is 4.74 Å². The Labute approximate surface area is 150 Å². The lowest BCUT2D eigenvalue weighted by atomic mass is 9.92. The molecule has 5 nitrogen and oxygen atoms in total. The molecule has 2 unspecified atom stereocenters. The van der Waals surface area contributed by atoms with Gasteiger partial charge in [-0.05, 0) is 43.9 Å². The smallest absolute Gasteiger partial charge is 0.313 e. The molecule has 0 heterocycles. The molecule has 3 N–H and O–H groups in total. The molecule has 5 heteroatoms. The van der Waals surface area contributed by atoms with Gasteiger partial charge in [-0.15, -0.1) is 0 Å². The molecule has 0 bridgehead atoms. The van der Waals surface area contributed by atoms with Gasteiger partial charge in [0.25, 0.3) is 0 Å². The molecule has 0 amide bonds. The Morgan fingerprint density at radius 3 is 2.16 bits per heavy atom. The van der Waals surface area contributed by atoms with E-state index in [1.165, 1.54) is 18.2 Å². The molecule has 1 aromatic rings. The number of ether oxygens (including phenoxy) is 1. The number of hydrogen-bond acceptors (Lipinski definition) is 5. The summed E-state index contributed by atoms with van der Waals surface area (Å²) in [5.41, 5.74) is 0.568. The molecule has 142 valence electrons. The molecule has 0 saturated heterocycles. The summed E-state index contributed by atoms with van der Waals surface area (Å²) in [6.07, 6.45) is 6.80. The lowest BCUT2D eigenvalue weighted by Crippen LogP contribution is -2.16. The average molecular weight is 352 g/mol. The van der Waals surface area contributed by atoms with Gasteiger partial charge in [0, 0.05) is 6.07 Å². The number of carbonyl (C=O) groups excluding carboxylic acids is 1. The second kappa shape index (κ2) is 11.7. The highest BCUT2D eigenvalue weighted by molar-refractivity contribution is 5.78. The van der Waals surface area contributed by atoms with E-state index in [9.17, 15) is 20.1 Å². The molecular formula is C20H32O5. The number of rotatable bonds is 12. The molecular weight excluding hydrogens is 320 g/mol. The summed E-state index contributed by atoms with van der Waals surface area (Å²) in [5, 5.41) is 29.2. The number of unbranched alkanes of at least 4 members (excludes halogenated alkanes) is 3. The van der Waals surface area contributed by atoms with Crippen LogP contribution in [-0.4, -0.2) is 34.0 Å². The minimum Gasteiger partial charge on any atom is -0.508 e. The standard InChI is InChI=1S/C20H32O5/c1-3-5-9-16(21)10-7-6-8-11-19(20(24)25-4-2)15-12-17(22)14-18(23)13-15/h12-14,16,19,21-23H,3-11H2,1-2H3. The van der Waals surface area contributed by atoms with Crippen molar-refractivity contribution in [3.05, 3.63) is 23.8 Å². The van der Waals surface area contributed by atoms with Gasteiger partial charge < -0.3 is 20.1 Å². The van der Waals surface area contributed by atoms with Crippen molar-refractivity contribution < 1.29 is 24.9 Å². The van der Waals surface area contributed by atoms with Crippen LogP contribution in [0.2, 0.25) is 0 Å². The van der Waals surface area contributed by atoms with Gasteiger partial charge in [0.15, 0.2) is 0 Å². The fraction of sp³-hybridized carbons (Fsp3) is 0.650. The lowest BCUT2D eigenvalue weighted by molar-refractivity contribution is -0.145. The normalized spacial score (nSPS) is 13.4. The summed E-state index contributed by atoms with van der Waals surface area (Å²) in [6, 6.07) is 4.23. The van der Waals surface area contributed by atoms with Crippen LogP contribution in [0.15, 0.2) is 18.2 Å². The first-order valence-corrected chi connectivity index (χ1v) is 9.35. The summed E-state index contributed by atoms with van der Waals surface area (Å²) < 4.78 is 5.14. The number of benzene rings is 1. The van der Waals surface area contributed by atoms with Gasteiger partial charge in [0.1, 0.15) is 11.5 Å². The molecule has 0 aromatic heterocycles. The van der Waals surface area contributed by atoms with Crippen molar-refractivity contribution in [2.75, 3.05) is 6.61 Å². The Bertz CT molecular complexity index is 495. The predicted molar refractivity (Wildman–Crippen MR) is 97.8 cm³/mol. The van der Waals surface area contributed by atoms with Crippen LogP contribution in [0.1, 0.15) is 76.7 Å². The third kappa shape index (κ3) is 8.25. The van der Waals surface area contributed by atoms with Crippen LogP contribution in [0.25, 0.3) is 0 Å². The Morgan fingerprint density at radius 1 is 0.960 bits per heavy atom. The molecule has 0 spiro atoms. The van der Waals surface area contributed by atoms with Crippen molar-refractivity contribution in [3.63, 3.8) is 0 Å². The quantitative estimate of drug-likeness (QED) is 0.387. The Morgan fingerprint density at radius 2 is 1.56 bits per heavy atom. The van der Waals surface area contributed by atoms with Crippen LogP contribution < -0.4 is 0 Å². The van der Waals surface area contributed by atoms with E-state index in [0.29, 0.717) is 18.6 Å². The molecule has 0 radical (unpaired) electrons. The zero-order chi connectivity index (χ0) is 18.7. The number of phenolic OH excluding ortho intramolecular Hbond substituents is 2. The minimum absolute atomic E-state index is 0.0663. The van der Waals surface area contributed by atoms with Crippen LogP contribution >= 0.6 is 0 Å². The van der Waals surface area contributed by atoms with Gasteiger partial charge in [-0.2, -0.15) is 0 Å². The lowest BCUT2D eigenvalue weighted by Gasteiger charge is -2.17. The Balaban J connectivity index is 2.53. The number of aromatic hydroxyl groups is 2. The Kier molecular flexibility index (Phi) is 10.0. The summed E-state index contributed by atoms with van der Waals surface area (Å²) in [5.74, 6) is -0.967. The van der Waals surface area contributed by atoms with Crippen LogP contribution in [-0.2, 0) is 9.53 Å². The Hall–Kier alpha value is -1.75.